The lowest BCUT2D eigenvalue weighted by Gasteiger charge is -2.22. The van der Waals surface area contributed by atoms with Crippen molar-refractivity contribution < 1.29 is 9.90 Å². The molecule has 2 aromatic rings. The van der Waals surface area contributed by atoms with Gasteiger partial charge in [0.1, 0.15) is 6.54 Å². The summed E-state index contributed by atoms with van der Waals surface area (Å²) in [7, 11) is 0. The number of aliphatic hydroxyl groups is 1. The molecular weight excluding hydrogens is 314 g/mol. The fourth-order valence-corrected chi connectivity index (χ4v) is 2.93. The number of hydrogen-bond donors (Lipinski definition) is 1. The first-order valence-electron chi connectivity index (χ1n) is 8.38. The molecule has 2 aromatic carbocycles. The van der Waals surface area contributed by atoms with E-state index in [0.29, 0.717) is 12.1 Å². The Hall–Kier alpha value is -2.53. The lowest BCUT2D eigenvalue weighted by Crippen LogP contribution is -2.42. The van der Waals surface area contributed by atoms with E-state index in [-0.39, 0.29) is 18.0 Å². The molecule has 0 bridgehead atoms. The lowest BCUT2D eigenvalue weighted by atomic mass is 9.96. The molecule has 25 heavy (non-hydrogen) atoms. The molecular formula is C20H23N3O2. The van der Waals surface area contributed by atoms with Crippen LogP contribution in [0.15, 0.2) is 64.8 Å². The number of carbonyl (C=O) groups excluding carboxylic acids is 1. The van der Waals surface area contributed by atoms with E-state index in [9.17, 15) is 9.90 Å². The van der Waals surface area contributed by atoms with Crippen molar-refractivity contribution in [1.29, 1.82) is 0 Å². The predicted molar refractivity (Wildman–Crippen MR) is 97.4 cm³/mol. The summed E-state index contributed by atoms with van der Waals surface area (Å²) in [4.78, 5) is 14.6. The second kappa shape index (κ2) is 6.41. The summed E-state index contributed by atoms with van der Waals surface area (Å²) >= 11 is 0. The molecule has 1 atom stereocenters. The van der Waals surface area contributed by atoms with Crippen LogP contribution in [0.1, 0.15) is 31.9 Å². The Balaban J connectivity index is 1.93. The topological polar surface area (TPSA) is 65.3 Å². The fraction of sp³-hybridized carbons (Fsp3) is 0.350. The van der Waals surface area contributed by atoms with Crippen molar-refractivity contribution in [3.05, 3.63) is 65.7 Å². The van der Waals surface area contributed by atoms with Gasteiger partial charge in [0, 0.05) is 5.56 Å². The van der Waals surface area contributed by atoms with Crippen LogP contribution in [0.3, 0.4) is 0 Å². The van der Waals surface area contributed by atoms with Gasteiger partial charge in [-0.3, -0.25) is 4.79 Å². The molecule has 1 amide bonds. The van der Waals surface area contributed by atoms with Crippen LogP contribution in [-0.4, -0.2) is 23.1 Å². The van der Waals surface area contributed by atoms with Crippen molar-refractivity contribution in [2.75, 3.05) is 11.4 Å². The predicted octanol–water partition coefficient (Wildman–Crippen LogP) is 3.67. The number of rotatable bonds is 4. The highest BCUT2D eigenvalue weighted by Crippen LogP contribution is 2.41. The van der Waals surface area contributed by atoms with E-state index in [1.165, 1.54) is 0 Å². The summed E-state index contributed by atoms with van der Waals surface area (Å²) in [6.07, 6.45) is 0. The summed E-state index contributed by atoms with van der Waals surface area (Å²) in [6, 6.07) is 17.1. The Labute approximate surface area is 148 Å². The maximum atomic E-state index is 13.0. The van der Waals surface area contributed by atoms with Crippen LogP contribution in [0, 0.1) is 0 Å². The number of anilines is 1. The number of amides is 1. The largest absolute Gasteiger partial charge is 0.374 e. The first kappa shape index (κ1) is 17.3. The maximum Gasteiger partial charge on any atom is 0.266 e. The number of hydrogen-bond acceptors (Lipinski definition) is 4. The van der Waals surface area contributed by atoms with Crippen LogP contribution < -0.4 is 4.90 Å². The lowest BCUT2D eigenvalue weighted by molar-refractivity contribution is -0.135. The number of azo groups is 1. The second-order valence-electron chi connectivity index (χ2n) is 7.32. The van der Waals surface area contributed by atoms with E-state index < -0.39 is 5.60 Å². The Bertz CT molecular complexity index is 796. The van der Waals surface area contributed by atoms with Gasteiger partial charge in [0.15, 0.2) is 5.60 Å². The van der Waals surface area contributed by atoms with Crippen LogP contribution in [0.25, 0.3) is 0 Å². The zero-order chi connectivity index (χ0) is 18.1. The number of carbonyl (C=O) groups is 1. The number of para-hydroxylation sites is 1. The van der Waals surface area contributed by atoms with Crippen molar-refractivity contribution in [3.8, 4) is 0 Å². The maximum absolute atomic E-state index is 13.0. The average Bonchev–Trinajstić information content (AvgIpc) is 2.77. The van der Waals surface area contributed by atoms with Gasteiger partial charge < -0.3 is 10.0 Å². The Morgan fingerprint density at radius 1 is 1.04 bits per heavy atom. The smallest absolute Gasteiger partial charge is 0.266 e. The Morgan fingerprint density at radius 3 is 2.36 bits per heavy atom. The molecule has 0 spiro atoms. The standard InChI is InChI=1S/C20H23N3O2/c1-19(2,3)22-21-14-20(25)16-11-7-8-12-17(16)23(18(20)24)13-15-9-5-4-6-10-15/h4-12,25H,13-14H2,1-3H3. The molecule has 0 saturated carbocycles. The molecule has 0 aromatic heterocycles. The highest BCUT2D eigenvalue weighted by Gasteiger charge is 2.49. The van der Waals surface area contributed by atoms with Crippen LogP contribution >= 0.6 is 0 Å². The quantitative estimate of drug-likeness (QED) is 0.865. The minimum atomic E-state index is -1.67. The summed E-state index contributed by atoms with van der Waals surface area (Å²) < 4.78 is 0. The number of fused-ring (bicyclic) bond motifs is 1. The van der Waals surface area contributed by atoms with E-state index >= 15 is 0 Å². The molecule has 1 N–H and O–H groups in total. The monoisotopic (exact) mass is 337 g/mol. The summed E-state index contributed by atoms with van der Waals surface area (Å²) in [5, 5.41) is 19.4. The van der Waals surface area contributed by atoms with Crippen molar-refractivity contribution >= 4 is 11.6 Å². The fourth-order valence-electron chi connectivity index (χ4n) is 2.93. The first-order chi connectivity index (χ1) is 11.8. The molecule has 1 unspecified atom stereocenters. The highest BCUT2D eigenvalue weighted by atomic mass is 16.3. The van der Waals surface area contributed by atoms with Crippen molar-refractivity contribution in [2.45, 2.75) is 38.5 Å². The van der Waals surface area contributed by atoms with Gasteiger partial charge in [-0.2, -0.15) is 10.2 Å². The molecule has 0 aliphatic carbocycles. The van der Waals surface area contributed by atoms with Crippen LogP contribution in [-0.2, 0) is 16.9 Å². The Morgan fingerprint density at radius 2 is 1.68 bits per heavy atom. The molecule has 1 aliphatic heterocycles. The van der Waals surface area contributed by atoms with Gasteiger partial charge in [0.05, 0.1) is 17.8 Å². The van der Waals surface area contributed by atoms with E-state index in [2.05, 4.69) is 10.2 Å². The normalized spacial score (nSPS) is 20.3. The molecule has 1 aliphatic rings. The van der Waals surface area contributed by atoms with Gasteiger partial charge in [-0.15, -0.1) is 0 Å². The zero-order valence-electron chi connectivity index (χ0n) is 14.8. The molecule has 3 rings (SSSR count). The third-order valence-corrected chi connectivity index (χ3v) is 4.09. The van der Waals surface area contributed by atoms with E-state index in [1.54, 1.807) is 11.0 Å². The number of benzene rings is 2. The molecule has 5 nitrogen and oxygen atoms in total. The molecule has 5 heteroatoms. The average molecular weight is 337 g/mol. The molecule has 0 fully saturated rings. The summed E-state index contributed by atoms with van der Waals surface area (Å²) in [5.74, 6) is -0.356. The van der Waals surface area contributed by atoms with Gasteiger partial charge in [-0.1, -0.05) is 48.5 Å². The van der Waals surface area contributed by atoms with Crippen LogP contribution in [0.5, 0.6) is 0 Å². The Kier molecular flexibility index (Phi) is 4.43. The number of nitrogens with zero attached hydrogens (tertiary/aromatic N) is 3. The van der Waals surface area contributed by atoms with E-state index in [1.807, 2.05) is 69.3 Å². The van der Waals surface area contributed by atoms with Crippen molar-refractivity contribution in [1.82, 2.24) is 0 Å². The first-order valence-corrected chi connectivity index (χ1v) is 8.38. The third kappa shape index (κ3) is 3.46. The minimum Gasteiger partial charge on any atom is -0.374 e. The molecule has 0 saturated heterocycles. The summed E-state index contributed by atoms with van der Waals surface area (Å²) in [6.45, 7) is 6.10. The van der Waals surface area contributed by atoms with E-state index in [0.717, 1.165) is 11.3 Å². The van der Waals surface area contributed by atoms with Crippen molar-refractivity contribution in [2.24, 2.45) is 10.2 Å². The molecule has 0 radical (unpaired) electrons. The van der Waals surface area contributed by atoms with Crippen LogP contribution in [0.2, 0.25) is 0 Å². The third-order valence-electron chi connectivity index (χ3n) is 4.09. The minimum absolute atomic E-state index is 0.0780. The van der Waals surface area contributed by atoms with Gasteiger partial charge in [0.25, 0.3) is 5.91 Å². The van der Waals surface area contributed by atoms with Gasteiger partial charge in [-0.25, -0.2) is 0 Å². The summed E-state index contributed by atoms with van der Waals surface area (Å²) in [5.41, 5.74) is 0.307. The highest BCUT2D eigenvalue weighted by molar-refractivity contribution is 6.07. The van der Waals surface area contributed by atoms with E-state index in [4.69, 9.17) is 0 Å². The van der Waals surface area contributed by atoms with Gasteiger partial charge in [0.2, 0.25) is 0 Å². The van der Waals surface area contributed by atoms with Gasteiger partial charge in [-0.05, 0) is 32.4 Å². The SMILES string of the molecule is CC(C)(C)N=NCC1(O)C(=O)N(Cc2ccccc2)c2ccccc21. The van der Waals surface area contributed by atoms with Crippen LogP contribution in [0.4, 0.5) is 5.69 Å². The van der Waals surface area contributed by atoms with Crippen molar-refractivity contribution in [3.63, 3.8) is 0 Å². The zero-order valence-corrected chi connectivity index (χ0v) is 14.8. The van der Waals surface area contributed by atoms with Gasteiger partial charge >= 0.3 is 0 Å². The second-order valence-corrected chi connectivity index (χ2v) is 7.32. The molecule has 1 heterocycles. The molecule has 130 valence electrons.